The zero-order valence-corrected chi connectivity index (χ0v) is 14.9. The molecule has 3 atom stereocenters. The van der Waals surface area contributed by atoms with E-state index in [1.807, 2.05) is 12.1 Å². The molecule has 1 aliphatic rings. The summed E-state index contributed by atoms with van der Waals surface area (Å²) in [5.74, 6) is -0.902. The Hall–Kier alpha value is -2.27. The van der Waals surface area contributed by atoms with Gasteiger partial charge < -0.3 is 18.9 Å². The molecule has 1 aliphatic heterocycles. The molecule has 0 bridgehead atoms. The van der Waals surface area contributed by atoms with Crippen LogP contribution in [0.15, 0.2) is 60.7 Å². The molecular formula is C19H19O6P. The minimum Gasteiger partial charge on any atom is -0.459 e. The highest BCUT2D eigenvalue weighted by Gasteiger charge is 2.32. The fourth-order valence-electron chi connectivity index (χ4n) is 2.60. The number of ether oxygens (including phenoxy) is 2. The van der Waals surface area contributed by atoms with Gasteiger partial charge in [-0.2, -0.15) is 0 Å². The van der Waals surface area contributed by atoms with Crippen LogP contribution in [-0.4, -0.2) is 41.8 Å². The summed E-state index contributed by atoms with van der Waals surface area (Å²) in [5.41, 5.74) is 0.898. The predicted octanol–water partition coefficient (Wildman–Crippen LogP) is 3.16. The molecule has 3 unspecified atom stereocenters. The molecule has 1 heterocycles. The third-order valence-corrected chi connectivity index (χ3v) is 5.11. The number of hydrogen-bond acceptors (Lipinski definition) is 6. The smallest absolute Gasteiger partial charge is 0.338 e. The van der Waals surface area contributed by atoms with Crippen molar-refractivity contribution in [2.24, 2.45) is 0 Å². The van der Waals surface area contributed by atoms with Crippen molar-refractivity contribution in [3.8, 4) is 0 Å². The summed E-state index contributed by atoms with van der Waals surface area (Å²) in [6.45, 7) is -0.00743. The van der Waals surface area contributed by atoms with Crippen LogP contribution in [0.4, 0.5) is 0 Å². The summed E-state index contributed by atoms with van der Waals surface area (Å²) < 4.78 is 16.2. The van der Waals surface area contributed by atoms with Gasteiger partial charge in [-0.1, -0.05) is 36.4 Å². The van der Waals surface area contributed by atoms with Crippen molar-refractivity contribution >= 4 is 20.3 Å². The number of benzene rings is 2. The molecule has 7 heteroatoms. The van der Waals surface area contributed by atoms with E-state index in [-0.39, 0.29) is 12.8 Å². The number of esters is 2. The molecule has 0 amide bonds. The number of carbonyl (C=O) groups is 2. The molecule has 1 fully saturated rings. The SMILES string of the molecule is O=C(OCC1CC(OC(=O)c2ccccc2)CP(O)O1)c1ccccc1. The normalized spacial score (nSPS) is 22.4. The van der Waals surface area contributed by atoms with E-state index in [4.69, 9.17) is 14.0 Å². The lowest BCUT2D eigenvalue weighted by atomic mass is 10.1. The van der Waals surface area contributed by atoms with Crippen molar-refractivity contribution in [3.63, 3.8) is 0 Å². The van der Waals surface area contributed by atoms with Crippen molar-refractivity contribution in [1.29, 1.82) is 0 Å². The molecule has 0 spiro atoms. The minimum absolute atomic E-state index is 0.00743. The van der Waals surface area contributed by atoms with E-state index in [1.54, 1.807) is 48.5 Å². The molecule has 0 aliphatic carbocycles. The van der Waals surface area contributed by atoms with Crippen molar-refractivity contribution in [3.05, 3.63) is 71.8 Å². The van der Waals surface area contributed by atoms with Crippen LogP contribution in [0.5, 0.6) is 0 Å². The molecule has 136 valence electrons. The van der Waals surface area contributed by atoms with Crippen molar-refractivity contribution in [1.82, 2.24) is 0 Å². The first-order chi connectivity index (χ1) is 12.6. The Balaban J connectivity index is 1.53. The largest absolute Gasteiger partial charge is 0.459 e. The van der Waals surface area contributed by atoms with E-state index in [9.17, 15) is 14.5 Å². The second-order valence-electron chi connectivity index (χ2n) is 5.86. The monoisotopic (exact) mass is 374 g/mol. The van der Waals surface area contributed by atoms with E-state index in [0.717, 1.165) is 0 Å². The average Bonchev–Trinajstić information content (AvgIpc) is 2.67. The fourth-order valence-corrected chi connectivity index (χ4v) is 3.75. The van der Waals surface area contributed by atoms with Gasteiger partial charge in [0.25, 0.3) is 0 Å². The van der Waals surface area contributed by atoms with E-state index in [2.05, 4.69) is 0 Å². The number of hydrogen-bond donors (Lipinski definition) is 1. The third-order valence-electron chi connectivity index (χ3n) is 3.85. The highest BCUT2D eigenvalue weighted by molar-refractivity contribution is 7.46. The lowest BCUT2D eigenvalue weighted by molar-refractivity contribution is -0.00409. The molecule has 3 rings (SSSR count). The van der Waals surface area contributed by atoms with Crippen LogP contribution in [0.2, 0.25) is 0 Å². The van der Waals surface area contributed by atoms with E-state index < -0.39 is 32.5 Å². The summed E-state index contributed by atoms with van der Waals surface area (Å²) in [5, 5.41) is 0. The Kier molecular flexibility index (Phi) is 6.34. The van der Waals surface area contributed by atoms with Gasteiger partial charge in [-0.05, 0) is 24.3 Å². The lowest BCUT2D eigenvalue weighted by Crippen LogP contribution is -2.35. The highest BCUT2D eigenvalue weighted by Crippen LogP contribution is 2.41. The van der Waals surface area contributed by atoms with E-state index in [1.165, 1.54) is 0 Å². The van der Waals surface area contributed by atoms with Gasteiger partial charge in [0, 0.05) is 6.42 Å². The standard InChI is InChI=1S/C19H19O6P/c20-18(14-7-3-1-4-8-14)23-12-16-11-17(13-26(22)25-16)24-19(21)15-9-5-2-6-10-15/h1-10,16-17,22H,11-13H2. The van der Waals surface area contributed by atoms with Gasteiger partial charge in [0.05, 0.1) is 17.3 Å². The van der Waals surface area contributed by atoms with Gasteiger partial charge in [-0.3, -0.25) is 0 Å². The second-order valence-corrected chi connectivity index (χ2v) is 7.14. The summed E-state index contributed by atoms with van der Waals surface area (Å²) in [6, 6.07) is 17.3. The third kappa shape index (κ3) is 5.11. The Morgan fingerprint density at radius 3 is 2.19 bits per heavy atom. The Labute approximate surface area is 152 Å². The zero-order chi connectivity index (χ0) is 18.4. The van der Waals surface area contributed by atoms with Crippen LogP contribution in [0.25, 0.3) is 0 Å². The molecule has 0 aromatic heterocycles. The molecule has 0 radical (unpaired) electrons. The van der Waals surface area contributed by atoms with Gasteiger partial charge in [-0.25, -0.2) is 9.59 Å². The van der Waals surface area contributed by atoms with Crippen molar-refractivity contribution in [2.45, 2.75) is 18.6 Å². The molecule has 26 heavy (non-hydrogen) atoms. The van der Waals surface area contributed by atoms with Crippen molar-refractivity contribution in [2.75, 3.05) is 12.8 Å². The summed E-state index contributed by atoms with van der Waals surface area (Å²) in [6.07, 6.45) is -0.383. The zero-order valence-electron chi connectivity index (χ0n) is 14.0. The van der Waals surface area contributed by atoms with Gasteiger partial charge >= 0.3 is 11.9 Å². The topological polar surface area (TPSA) is 82.1 Å². The van der Waals surface area contributed by atoms with Gasteiger partial charge in [0.15, 0.2) is 8.38 Å². The molecule has 2 aromatic rings. The molecular weight excluding hydrogens is 355 g/mol. The first kappa shape index (κ1) is 18.5. The molecule has 1 N–H and O–H groups in total. The lowest BCUT2D eigenvalue weighted by Gasteiger charge is -2.31. The van der Waals surface area contributed by atoms with Crippen LogP contribution in [-0.2, 0) is 14.0 Å². The predicted molar refractivity (Wildman–Crippen MR) is 95.9 cm³/mol. The second kappa shape index (κ2) is 8.90. The average molecular weight is 374 g/mol. The fraction of sp³-hybridized carbons (Fsp3) is 0.263. The number of carbonyl (C=O) groups excluding carboxylic acids is 2. The Morgan fingerprint density at radius 2 is 1.58 bits per heavy atom. The van der Waals surface area contributed by atoms with Crippen molar-refractivity contribution < 1.29 is 28.5 Å². The van der Waals surface area contributed by atoms with Crippen LogP contribution >= 0.6 is 8.38 Å². The summed E-state index contributed by atoms with van der Waals surface area (Å²) in [4.78, 5) is 34.1. The first-order valence-corrected chi connectivity index (χ1v) is 9.63. The van der Waals surface area contributed by atoms with E-state index in [0.29, 0.717) is 17.5 Å². The quantitative estimate of drug-likeness (QED) is 0.640. The minimum atomic E-state index is -1.72. The summed E-state index contributed by atoms with van der Waals surface area (Å²) in [7, 11) is -1.72. The van der Waals surface area contributed by atoms with Crippen LogP contribution in [0.1, 0.15) is 27.1 Å². The van der Waals surface area contributed by atoms with Crippen LogP contribution < -0.4 is 0 Å². The molecule has 6 nitrogen and oxygen atoms in total. The molecule has 0 saturated carbocycles. The van der Waals surface area contributed by atoms with Crippen LogP contribution in [0, 0.1) is 0 Å². The summed E-state index contributed by atoms with van der Waals surface area (Å²) >= 11 is 0. The highest BCUT2D eigenvalue weighted by atomic mass is 31.2. The molecule has 2 aromatic carbocycles. The van der Waals surface area contributed by atoms with Gasteiger partial charge in [0.1, 0.15) is 18.8 Å². The maximum Gasteiger partial charge on any atom is 0.338 e. The van der Waals surface area contributed by atoms with Gasteiger partial charge in [-0.15, -0.1) is 0 Å². The Bertz CT molecular complexity index is 736. The number of rotatable bonds is 5. The Morgan fingerprint density at radius 1 is 1.00 bits per heavy atom. The van der Waals surface area contributed by atoms with Crippen LogP contribution in [0.3, 0.4) is 0 Å². The van der Waals surface area contributed by atoms with Gasteiger partial charge in [0.2, 0.25) is 0 Å². The maximum atomic E-state index is 12.2. The first-order valence-electron chi connectivity index (χ1n) is 8.23. The maximum absolute atomic E-state index is 12.2. The van der Waals surface area contributed by atoms with E-state index >= 15 is 0 Å². The molecule has 1 saturated heterocycles.